The monoisotopic (exact) mass is 337 g/mol. The van der Waals surface area contributed by atoms with E-state index in [0.29, 0.717) is 6.42 Å². The summed E-state index contributed by atoms with van der Waals surface area (Å²) in [5.41, 5.74) is 0.346. The number of benzene rings is 1. The molecule has 3 rings (SSSR count). The van der Waals surface area contributed by atoms with E-state index in [1.165, 1.54) is 0 Å². The molecule has 1 aromatic carbocycles. The van der Waals surface area contributed by atoms with E-state index in [2.05, 4.69) is 21.2 Å². The van der Waals surface area contributed by atoms with Crippen LogP contribution in [0.5, 0.6) is 0 Å². The zero-order chi connectivity index (χ0) is 14.3. The molecule has 2 heterocycles. The number of amides is 1. The summed E-state index contributed by atoms with van der Waals surface area (Å²) < 4.78 is 6.91. The van der Waals surface area contributed by atoms with Crippen LogP contribution >= 0.6 is 15.9 Å². The molecular formula is C15H16BrNO3. The molecule has 0 aromatic heterocycles. The highest BCUT2D eigenvalue weighted by atomic mass is 79.9. The maximum absolute atomic E-state index is 12.4. The standard InChI is InChI=1S/C15H16BrNO3/c1-2-4-10-7-9(18)8-15(20-10)13-11(16)5-3-6-12(13)17-14(15)19/h3,5-6,10H,2,4,7-8H2,1H3,(H,17,19)/t10-,15-/m0/s1. The van der Waals surface area contributed by atoms with Crippen LogP contribution in [-0.4, -0.2) is 17.8 Å². The SMILES string of the molecule is CCC[C@H]1CC(=O)C[C@@]2(O1)C(=O)Nc1cccc(Br)c12. The van der Waals surface area contributed by atoms with E-state index in [1.807, 2.05) is 25.1 Å². The van der Waals surface area contributed by atoms with Gasteiger partial charge >= 0.3 is 0 Å². The van der Waals surface area contributed by atoms with Crippen molar-refractivity contribution in [1.82, 2.24) is 0 Å². The lowest BCUT2D eigenvalue weighted by atomic mass is 9.84. The van der Waals surface area contributed by atoms with Gasteiger partial charge in [0.1, 0.15) is 5.78 Å². The number of anilines is 1. The normalized spacial score (nSPS) is 28.6. The number of hydrogen-bond donors (Lipinski definition) is 1. The van der Waals surface area contributed by atoms with Crippen molar-refractivity contribution >= 4 is 33.3 Å². The van der Waals surface area contributed by atoms with E-state index < -0.39 is 5.60 Å². The molecule has 0 saturated carbocycles. The fraction of sp³-hybridized carbons (Fsp3) is 0.467. The topological polar surface area (TPSA) is 55.4 Å². The Morgan fingerprint density at radius 3 is 3.00 bits per heavy atom. The number of rotatable bonds is 2. The number of ether oxygens (including phenoxy) is 1. The highest BCUT2D eigenvalue weighted by Crippen LogP contribution is 2.48. The molecule has 1 N–H and O–H groups in total. The Kier molecular flexibility index (Phi) is 3.42. The van der Waals surface area contributed by atoms with Gasteiger partial charge in [-0.1, -0.05) is 35.3 Å². The van der Waals surface area contributed by atoms with Gasteiger partial charge in [-0.25, -0.2) is 0 Å². The molecule has 1 saturated heterocycles. The summed E-state index contributed by atoms with van der Waals surface area (Å²) in [6.07, 6.45) is 2.07. The van der Waals surface area contributed by atoms with Crippen molar-refractivity contribution in [1.29, 1.82) is 0 Å². The lowest BCUT2D eigenvalue weighted by Crippen LogP contribution is -2.47. The van der Waals surface area contributed by atoms with Gasteiger partial charge in [0.2, 0.25) is 0 Å². The smallest absolute Gasteiger partial charge is 0.261 e. The van der Waals surface area contributed by atoms with Gasteiger partial charge in [-0.05, 0) is 18.6 Å². The van der Waals surface area contributed by atoms with Gasteiger partial charge in [0.25, 0.3) is 5.91 Å². The molecular weight excluding hydrogens is 322 g/mol. The first-order valence-corrected chi connectivity index (χ1v) is 7.66. The van der Waals surface area contributed by atoms with Crippen LogP contribution in [0, 0.1) is 0 Å². The third-order valence-corrected chi connectivity index (χ3v) is 4.57. The Labute approximate surface area is 126 Å². The van der Waals surface area contributed by atoms with Gasteiger partial charge in [0, 0.05) is 28.6 Å². The number of ketones is 1. The third-order valence-electron chi connectivity index (χ3n) is 3.91. The van der Waals surface area contributed by atoms with Crippen molar-refractivity contribution < 1.29 is 14.3 Å². The van der Waals surface area contributed by atoms with Crippen molar-refractivity contribution in [2.45, 2.75) is 44.3 Å². The van der Waals surface area contributed by atoms with Crippen LogP contribution in [0.15, 0.2) is 22.7 Å². The van der Waals surface area contributed by atoms with Crippen LogP contribution in [0.4, 0.5) is 5.69 Å². The Balaban J connectivity index is 2.07. The predicted molar refractivity (Wildman–Crippen MR) is 78.5 cm³/mol. The summed E-state index contributed by atoms with van der Waals surface area (Å²) in [5.74, 6) is -0.137. The third kappa shape index (κ3) is 2.00. The molecule has 0 unspecified atom stereocenters. The molecule has 1 fully saturated rings. The molecule has 4 nitrogen and oxygen atoms in total. The average molecular weight is 338 g/mol. The molecule has 5 heteroatoms. The quantitative estimate of drug-likeness (QED) is 0.901. The lowest BCUT2D eigenvalue weighted by molar-refractivity contribution is -0.170. The molecule has 20 heavy (non-hydrogen) atoms. The minimum atomic E-state index is -1.15. The van der Waals surface area contributed by atoms with Gasteiger partial charge in [-0.15, -0.1) is 0 Å². The average Bonchev–Trinajstić information content (AvgIpc) is 2.63. The van der Waals surface area contributed by atoms with Crippen LogP contribution in [0.25, 0.3) is 0 Å². The van der Waals surface area contributed by atoms with E-state index in [0.717, 1.165) is 28.6 Å². The number of halogens is 1. The molecule has 1 spiro atoms. The van der Waals surface area contributed by atoms with Crippen LogP contribution in [-0.2, 0) is 19.9 Å². The molecule has 2 atom stereocenters. The van der Waals surface area contributed by atoms with Crippen molar-refractivity contribution in [2.24, 2.45) is 0 Å². The predicted octanol–water partition coefficient (Wildman–Crippen LogP) is 3.14. The molecule has 0 aliphatic carbocycles. The number of carbonyl (C=O) groups is 2. The molecule has 1 aromatic rings. The van der Waals surface area contributed by atoms with Crippen molar-refractivity contribution in [3.05, 3.63) is 28.2 Å². The zero-order valence-electron chi connectivity index (χ0n) is 11.2. The van der Waals surface area contributed by atoms with Crippen LogP contribution in [0.1, 0.15) is 38.2 Å². The fourth-order valence-electron chi connectivity index (χ4n) is 3.11. The molecule has 2 aliphatic rings. The van der Waals surface area contributed by atoms with Gasteiger partial charge in [-0.2, -0.15) is 0 Å². The number of carbonyl (C=O) groups excluding carboxylic acids is 2. The van der Waals surface area contributed by atoms with Gasteiger partial charge in [-0.3, -0.25) is 9.59 Å². The second-order valence-electron chi connectivity index (χ2n) is 5.39. The molecule has 0 radical (unpaired) electrons. The molecule has 2 aliphatic heterocycles. The summed E-state index contributed by atoms with van der Waals surface area (Å²) >= 11 is 3.48. The zero-order valence-corrected chi connectivity index (χ0v) is 12.8. The maximum atomic E-state index is 12.4. The van der Waals surface area contributed by atoms with Crippen LogP contribution in [0.3, 0.4) is 0 Å². The summed E-state index contributed by atoms with van der Waals surface area (Å²) in [7, 11) is 0. The van der Waals surface area contributed by atoms with E-state index in [1.54, 1.807) is 0 Å². The Morgan fingerprint density at radius 2 is 2.25 bits per heavy atom. The Hall–Kier alpha value is -1.20. The van der Waals surface area contributed by atoms with Crippen molar-refractivity contribution in [3.63, 3.8) is 0 Å². The van der Waals surface area contributed by atoms with Gasteiger partial charge in [0.05, 0.1) is 6.10 Å². The largest absolute Gasteiger partial charge is 0.356 e. The maximum Gasteiger partial charge on any atom is 0.261 e. The van der Waals surface area contributed by atoms with Gasteiger partial charge in [0.15, 0.2) is 5.60 Å². The molecule has 106 valence electrons. The van der Waals surface area contributed by atoms with E-state index in [4.69, 9.17) is 4.74 Å². The minimum absolute atomic E-state index is 0.0912. The Morgan fingerprint density at radius 1 is 1.45 bits per heavy atom. The van der Waals surface area contributed by atoms with Crippen molar-refractivity contribution in [3.8, 4) is 0 Å². The summed E-state index contributed by atoms with van der Waals surface area (Å²) in [4.78, 5) is 24.5. The van der Waals surface area contributed by atoms with Crippen LogP contribution in [0.2, 0.25) is 0 Å². The first kappa shape index (κ1) is 13.8. The van der Waals surface area contributed by atoms with E-state index >= 15 is 0 Å². The van der Waals surface area contributed by atoms with Crippen molar-refractivity contribution in [2.75, 3.05) is 5.32 Å². The highest BCUT2D eigenvalue weighted by molar-refractivity contribution is 9.10. The number of fused-ring (bicyclic) bond motifs is 2. The number of Topliss-reactive ketones (excluding diaryl/α,β-unsaturated/α-hetero) is 1. The minimum Gasteiger partial charge on any atom is -0.356 e. The first-order chi connectivity index (χ1) is 9.56. The summed E-state index contributed by atoms with van der Waals surface area (Å²) in [5, 5.41) is 2.84. The van der Waals surface area contributed by atoms with Crippen LogP contribution < -0.4 is 5.32 Å². The molecule has 1 amide bonds. The number of hydrogen-bond acceptors (Lipinski definition) is 3. The summed E-state index contributed by atoms with van der Waals surface area (Å²) in [6, 6.07) is 5.57. The highest BCUT2D eigenvalue weighted by Gasteiger charge is 2.54. The van der Waals surface area contributed by atoms with Gasteiger partial charge < -0.3 is 10.1 Å². The second kappa shape index (κ2) is 4.97. The summed E-state index contributed by atoms with van der Waals surface area (Å²) in [6.45, 7) is 2.05. The molecule has 0 bridgehead atoms. The fourth-order valence-corrected chi connectivity index (χ4v) is 3.80. The lowest BCUT2D eigenvalue weighted by Gasteiger charge is -2.36. The second-order valence-corrected chi connectivity index (χ2v) is 6.25. The van der Waals surface area contributed by atoms with E-state index in [9.17, 15) is 9.59 Å². The van der Waals surface area contributed by atoms with E-state index in [-0.39, 0.29) is 24.2 Å². The Bertz CT molecular complexity index is 586. The first-order valence-electron chi connectivity index (χ1n) is 6.87. The number of nitrogens with one attached hydrogen (secondary N) is 1.